The van der Waals surface area contributed by atoms with Crippen molar-refractivity contribution in [3.05, 3.63) is 35.4 Å². The van der Waals surface area contributed by atoms with Crippen LogP contribution >= 0.6 is 0 Å². The van der Waals surface area contributed by atoms with Crippen molar-refractivity contribution in [2.24, 2.45) is 0 Å². The minimum Gasteiger partial charge on any atom is -0.361 e. The predicted octanol–water partition coefficient (Wildman–Crippen LogP) is 4.45. The van der Waals surface area contributed by atoms with Gasteiger partial charge in [-0.1, -0.05) is 39.3 Å². The van der Waals surface area contributed by atoms with Crippen LogP contribution in [0.1, 0.15) is 32.4 Å². The third-order valence-corrected chi connectivity index (χ3v) is 8.97. The number of hydrogen-bond donors (Lipinski definition) is 0. The Morgan fingerprint density at radius 1 is 0.917 bits per heavy atom. The lowest BCUT2D eigenvalue weighted by atomic mass is 10.3. The lowest BCUT2D eigenvalue weighted by molar-refractivity contribution is -0.0760. The first-order valence-corrected chi connectivity index (χ1v) is 19.6. The van der Waals surface area contributed by atoms with Gasteiger partial charge in [0.15, 0.2) is 12.0 Å². The highest BCUT2D eigenvalue weighted by Gasteiger charge is 2.19. The highest BCUT2D eigenvalue weighted by Crippen LogP contribution is 2.12. The van der Waals surface area contributed by atoms with Gasteiger partial charge in [-0.15, -0.1) is 0 Å². The van der Waals surface area contributed by atoms with Gasteiger partial charge >= 0.3 is 0 Å². The number of carbonyl (C=O) groups excluding carboxylic acids is 2. The average Bonchev–Trinajstić information content (AvgIpc) is 3.34. The molecule has 0 bridgehead atoms. The van der Waals surface area contributed by atoms with Gasteiger partial charge in [0, 0.05) is 47.8 Å². The minimum atomic E-state index is -1.07. The average molecular weight is 540 g/mol. The number of nitrogens with zero attached hydrogens (tertiary/aromatic N) is 5. The molecule has 0 aliphatic carbocycles. The van der Waals surface area contributed by atoms with Crippen molar-refractivity contribution in [2.45, 2.75) is 78.7 Å². The molecule has 0 saturated carbocycles. The maximum Gasteiger partial charge on any atom is 0.297 e. The second kappa shape index (κ2) is 14.6. The molecule has 2 heterocycles. The Balaban J connectivity index is 0.000000369. The van der Waals surface area contributed by atoms with E-state index in [0.29, 0.717) is 24.8 Å². The summed E-state index contributed by atoms with van der Waals surface area (Å²) in [6, 6.07) is 2.28. The van der Waals surface area contributed by atoms with Crippen LogP contribution in [0.3, 0.4) is 0 Å². The molecule has 204 valence electrons. The van der Waals surface area contributed by atoms with Gasteiger partial charge < -0.3 is 18.6 Å². The molecular formula is C24H45N5O5Si2. The first kappa shape index (κ1) is 31.9. The molecule has 0 radical (unpaired) electrons. The van der Waals surface area contributed by atoms with E-state index in [1.165, 1.54) is 7.11 Å². The molecule has 12 heteroatoms. The summed E-state index contributed by atoms with van der Waals surface area (Å²) in [5, 5.41) is 1.16. The van der Waals surface area contributed by atoms with Gasteiger partial charge in [0.1, 0.15) is 19.2 Å². The smallest absolute Gasteiger partial charge is 0.297 e. The number of amides is 1. The fourth-order valence-corrected chi connectivity index (χ4v) is 4.32. The Hall–Kier alpha value is -2.13. The highest BCUT2D eigenvalue weighted by atomic mass is 28.3. The monoisotopic (exact) mass is 539 g/mol. The Labute approximate surface area is 217 Å². The Morgan fingerprint density at radius 3 is 1.81 bits per heavy atom. The maximum atomic E-state index is 12.0. The zero-order valence-electron chi connectivity index (χ0n) is 23.8. The largest absolute Gasteiger partial charge is 0.361 e. The molecule has 0 N–H and O–H groups in total. The van der Waals surface area contributed by atoms with Gasteiger partial charge in [0.25, 0.3) is 5.91 Å². The third kappa shape index (κ3) is 11.3. The van der Waals surface area contributed by atoms with E-state index >= 15 is 0 Å². The molecule has 0 atom stereocenters. The van der Waals surface area contributed by atoms with Crippen LogP contribution in [0.25, 0.3) is 0 Å². The van der Waals surface area contributed by atoms with Crippen LogP contribution < -0.4 is 0 Å². The van der Waals surface area contributed by atoms with Crippen LogP contribution in [-0.4, -0.2) is 79.9 Å². The van der Waals surface area contributed by atoms with Gasteiger partial charge in [0.05, 0.1) is 19.8 Å². The van der Waals surface area contributed by atoms with Gasteiger partial charge in [-0.25, -0.2) is 15.0 Å². The van der Waals surface area contributed by atoms with Crippen LogP contribution in [0.15, 0.2) is 12.7 Å². The highest BCUT2D eigenvalue weighted by molar-refractivity contribution is 6.76. The minimum absolute atomic E-state index is 0.258. The number of rotatable bonds is 13. The van der Waals surface area contributed by atoms with E-state index in [-0.39, 0.29) is 5.91 Å². The summed E-state index contributed by atoms with van der Waals surface area (Å²) < 4.78 is 14.9. The molecule has 10 nitrogen and oxygen atoms in total. The molecule has 2 aromatic heterocycles. The Kier molecular flexibility index (Phi) is 12.9. The van der Waals surface area contributed by atoms with E-state index < -0.39 is 16.1 Å². The predicted molar refractivity (Wildman–Crippen MR) is 147 cm³/mol. The normalized spacial score (nSPS) is 11.7. The summed E-state index contributed by atoms with van der Waals surface area (Å²) in [5.41, 5.74) is 2.53. The van der Waals surface area contributed by atoms with Gasteiger partial charge in [-0.3, -0.25) is 14.4 Å². The summed E-state index contributed by atoms with van der Waals surface area (Å²) in [5.74, 6) is -0.258. The molecule has 0 fully saturated rings. The number of ether oxygens (including phenoxy) is 2. The van der Waals surface area contributed by atoms with Crippen LogP contribution in [0.4, 0.5) is 0 Å². The van der Waals surface area contributed by atoms with Gasteiger partial charge in [-0.05, 0) is 25.9 Å². The first-order valence-electron chi connectivity index (χ1n) is 12.2. The second-order valence-electron chi connectivity index (χ2n) is 11.1. The SMILES string of the molecule is CON(C)C(=O)c1ncn(COCC[Si](C)(C)C)c1C.Cc1c(C=O)ncn1COCC[Si](C)(C)C. The van der Waals surface area contributed by atoms with E-state index in [1.807, 2.05) is 23.0 Å². The van der Waals surface area contributed by atoms with E-state index in [0.717, 1.165) is 48.0 Å². The van der Waals surface area contributed by atoms with Crippen molar-refractivity contribution >= 4 is 28.3 Å². The molecule has 0 aromatic carbocycles. The number of carbonyl (C=O) groups is 2. The van der Waals surface area contributed by atoms with Crippen molar-refractivity contribution < 1.29 is 23.9 Å². The Bertz CT molecular complexity index is 963. The summed E-state index contributed by atoms with van der Waals surface area (Å²) >= 11 is 0. The van der Waals surface area contributed by atoms with Crippen LogP contribution in [0.2, 0.25) is 51.4 Å². The van der Waals surface area contributed by atoms with E-state index in [4.69, 9.17) is 14.3 Å². The topological polar surface area (TPSA) is 101 Å². The van der Waals surface area contributed by atoms with E-state index in [2.05, 4.69) is 49.3 Å². The molecule has 0 unspecified atom stereocenters. The zero-order chi connectivity index (χ0) is 27.5. The molecule has 0 saturated heterocycles. The van der Waals surface area contributed by atoms with Crippen LogP contribution in [0, 0.1) is 13.8 Å². The molecule has 2 aromatic rings. The van der Waals surface area contributed by atoms with Crippen molar-refractivity contribution in [1.82, 2.24) is 24.2 Å². The summed E-state index contributed by atoms with van der Waals surface area (Å²) in [7, 11) is 0.923. The number of aromatic nitrogens is 4. The molecule has 1 amide bonds. The van der Waals surface area contributed by atoms with E-state index in [1.54, 1.807) is 19.7 Å². The number of aldehydes is 1. The number of imidazole rings is 2. The lowest BCUT2D eigenvalue weighted by Crippen LogP contribution is -2.26. The summed E-state index contributed by atoms with van der Waals surface area (Å²) in [6.45, 7) is 20.1. The van der Waals surface area contributed by atoms with Crippen molar-refractivity contribution in [3.8, 4) is 0 Å². The van der Waals surface area contributed by atoms with Crippen LogP contribution in [0.5, 0.6) is 0 Å². The van der Waals surface area contributed by atoms with Crippen molar-refractivity contribution in [3.63, 3.8) is 0 Å². The summed E-state index contributed by atoms with van der Waals surface area (Å²) in [6.07, 6.45) is 4.04. The fraction of sp³-hybridized carbons (Fsp3) is 0.667. The fourth-order valence-electron chi connectivity index (χ4n) is 2.80. The van der Waals surface area contributed by atoms with Crippen molar-refractivity contribution in [1.29, 1.82) is 0 Å². The summed E-state index contributed by atoms with van der Waals surface area (Å²) in [4.78, 5) is 35.5. The molecular weight excluding hydrogens is 494 g/mol. The quantitative estimate of drug-likeness (QED) is 0.160. The molecule has 0 spiro atoms. The molecule has 0 aliphatic rings. The number of hydroxylamine groups is 2. The number of hydrogen-bond acceptors (Lipinski definition) is 7. The Morgan fingerprint density at radius 2 is 1.39 bits per heavy atom. The van der Waals surface area contributed by atoms with Gasteiger partial charge in [0.2, 0.25) is 0 Å². The molecule has 0 aliphatic heterocycles. The zero-order valence-corrected chi connectivity index (χ0v) is 25.8. The van der Waals surface area contributed by atoms with Crippen LogP contribution in [-0.2, 0) is 27.8 Å². The van der Waals surface area contributed by atoms with Gasteiger partial charge in [-0.2, -0.15) is 0 Å². The maximum absolute atomic E-state index is 12.0. The second-order valence-corrected chi connectivity index (χ2v) is 22.4. The third-order valence-electron chi connectivity index (χ3n) is 5.57. The lowest BCUT2D eigenvalue weighted by Gasteiger charge is -2.16. The van der Waals surface area contributed by atoms with Crippen molar-refractivity contribution in [2.75, 3.05) is 27.4 Å². The molecule has 36 heavy (non-hydrogen) atoms. The molecule has 2 rings (SSSR count). The first-order chi connectivity index (χ1) is 16.7. The standard InChI is InChI=1S/C13H25N3O3Si.C11H20N2O2Si/c1-11-12(13(17)15(2)18-3)14-9-16(11)10-19-7-8-20(4,5)6;1-10-11(7-14)12-8-13(10)9-15-5-6-16(2,3)4/h9H,7-8,10H2,1-6H3;7-8H,5-6,9H2,1-4H3. The van der Waals surface area contributed by atoms with E-state index in [9.17, 15) is 9.59 Å².